The third-order valence-corrected chi connectivity index (χ3v) is 2.80. The van der Waals surface area contributed by atoms with E-state index in [0.717, 1.165) is 12.0 Å². The van der Waals surface area contributed by atoms with Gasteiger partial charge in [0.05, 0.1) is 13.2 Å². The number of rotatable bonds is 8. The second kappa shape index (κ2) is 8.57. The van der Waals surface area contributed by atoms with E-state index in [1.54, 1.807) is 6.92 Å². The van der Waals surface area contributed by atoms with Gasteiger partial charge in [-0.15, -0.1) is 0 Å². The molecule has 1 aromatic carbocycles. The van der Waals surface area contributed by atoms with Gasteiger partial charge in [-0.3, -0.25) is 10.1 Å². The van der Waals surface area contributed by atoms with Gasteiger partial charge in [0.25, 0.3) is 0 Å². The van der Waals surface area contributed by atoms with Crippen molar-refractivity contribution >= 4 is 17.9 Å². The van der Waals surface area contributed by atoms with Crippen molar-refractivity contribution in [1.29, 1.82) is 0 Å². The van der Waals surface area contributed by atoms with Crippen LogP contribution in [0.4, 0.5) is 6.01 Å². The van der Waals surface area contributed by atoms with Gasteiger partial charge in [0.2, 0.25) is 5.91 Å². The molecule has 0 spiro atoms. The summed E-state index contributed by atoms with van der Waals surface area (Å²) in [5, 5.41) is 2.48. The second-order valence-electron chi connectivity index (χ2n) is 4.57. The molecule has 1 amide bonds. The first-order chi connectivity index (χ1) is 11.2. The van der Waals surface area contributed by atoms with Crippen molar-refractivity contribution in [3.05, 3.63) is 42.3 Å². The molecule has 122 valence electrons. The van der Waals surface area contributed by atoms with Crippen LogP contribution in [-0.4, -0.2) is 30.1 Å². The fourth-order valence-electron chi connectivity index (χ4n) is 1.75. The van der Waals surface area contributed by atoms with E-state index in [0.29, 0.717) is 13.0 Å². The summed E-state index contributed by atoms with van der Waals surface area (Å²) >= 11 is 0. The molecule has 2 aromatic rings. The lowest BCUT2D eigenvalue weighted by atomic mass is 10.3. The van der Waals surface area contributed by atoms with Gasteiger partial charge < -0.3 is 13.9 Å². The van der Waals surface area contributed by atoms with E-state index in [2.05, 4.69) is 10.3 Å². The lowest BCUT2D eigenvalue weighted by molar-refractivity contribution is -0.116. The fourth-order valence-corrected chi connectivity index (χ4v) is 1.75. The SMILES string of the molecule is CCOC(=O)c1coc(NC(=O)CCCOc2ccccc2)n1. The molecule has 0 aliphatic rings. The number of hydrogen-bond acceptors (Lipinski definition) is 6. The molecule has 0 saturated heterocycles. The molecule has 0 aliphatic heterocycles. The zero-order chi connectivity index (χ0) is 16.5. The fraction of sp³-hybridized carbons (Fsp3) is 0.312. The van der Waals surface area contributed by atoms with Crippen molar-refractivity contribution in [2.45, 2.75) is 19.8 Å². The van der Waals surface area contributed by atoms with Crippen LogP contribution < -0.4 is 10.1 Å². The van der Waals surface area contributed by atoms with Gasteiger partial charge in [-0.1, -0.05) is 18.2 Å². The van der Waals surface area contributed by atoms with Gasteiger partial charge in [0.1, 0.15) is 12.0 Å². The molecule has 1 aromatic heterocycles. The summed E-state index contributed by atoms with van der Waals surface area (Å²) in [5.74, 6) is -0.0911. The Labute approximate surface area is 133 Å². The second-order valence-corrected chi connectivity index (χ2v) is 4.57. The molecule has 0 aliphatic carbocycles. The number of esters is 1. The monoisotopic (exact) mass is 318 g/mol. The van der Waals surface area contributed by atoms with Gasteiger partial charge in [-0.05, 0) is 25.5 Å². The number of nitrogens with one attached hydrogen (secondary N) is 1. The lowest BCUT2D eigenvalue weighted by Gasteiger charge is -2.05. The maximum Gasteiger partial charge on any atom is 0.360 e. The Morgan fingerprint density at radius 2 is 2.04 bits per heavy atom. The largest absolute Gasteiger partial charge is 0.494 e. The molecule has 1 heterocycles. The van der Waals surface area contributed by atoms with Crippen LogP contribution >= 0.6 is 0 Å². The topological polar surface area (TPSA) is 90.7 Å². The molecule has 0 atom stereocenters. The quantitative estimate of drug-likeness (QED) is 0.594. The summed E-state index contributed by atoms with van der Waals surface area (Å²) in [6.07, 6.45) is 1.95. The zero-order valence-corrected chi connectivity index (χ0v) is 12.8. The number of benzene rings is 1. The van der Waals surface area contributed by atoms with Crippen LogP contribution in [0.5, 0.6) is 5.75 Å². The highest BCUT2D eigenvalue weighted by molar-refractivity contribution is 5.90. The number of ether oxygens (including phenoxy) is 2. The molecule has 0 saturated carbocycles. The number of nitrogens with zero attached hydrogens (tertiary/aromatic N) is 1. The molecule has 0 radical (unpaired) electrons. The zero-order valence-electron chi connectivity index (χ0n) is 12.8. The highest BCUT2D eigenvalue weighted by Gasteiger charge is 2.14. The first kappa shape index (κ1) is 16.5. The van der Waals surface area contributed by atoms with Gasteiger partial charge in [0, 0.05) is 6.42 Å². The molecule has 0 unspecified atom stereocenters. The highest BCUT2D eigenvalue weighted by Crippen LogP contribution is 2.11. The standard InChI is InChI=1S/C16H18N2O5/c1-2-21-15(20)13-11-23-16(17-13)18-14(19)9-6-10-22-12-7-4-3-5-8-12/h3-5,7-8,11H,2,6,9-10H2,1H3,(H,17,18,19). The normalized spacial score (nSPS) is 10.1. The maximum atomic E-state index is 11.7. The summed E-state index contributed by atoms with van der Waals surface area (Å²) < 4.78 is 15.3. The van der Waals surface area contributed by atoms with Crippen molar-refractivity contribution in [3.63, 3.8) is 0 Å². The number of carbonyl (C=O) groups is 2. The van der Waals surface area contributed by atoms with Crippen LogP contribution in [-0.2, 0) is 9.53 Å². The van der Waals surface area contributed by atoms with E-state index in [1.807, 2.05) is 30.3 Å². The number of para-hydroxylation sites is 1. The minimum Gasteiger partial charge on any atom is -0.494 e. The van der Waals surface area contributed by atoms with Crippen LogP contribution in [0.2, 0.25) is 0 Å². The average molecular weight is 318 g/mol. The average Bonchev–Trinajstić information content (AvgIpc) is 3.01. The van der Waals surface area contributed by atoms with Gasteiger partial charge in [-0.25, -0.2) is 4.79 Å². The molecule has 2 rings (SSSR count). The third-order valence-electron chi connectivity index (χ3n) is 2.80. The van der Waals surface area contributed by atoms with Crippen molar-refractivity contribution in [2.75, 3.05) is 18.5 Å². The smallest absolute Gasteiger partial charge is 0.360 e. The van der Waals surface area contributed by atoms with Crippen LogP contribution in [0.15, 0.2) is 41.0 Å². The van der Waals surface area contributed by atoms with E-state index in [-0.39, 0.29) is 30.6 Å². The first-order valence-corrected chi connectivity index (χ1v) is 7.29. The van der Waals surface area contributed by atoms with Crippen LogP contribution in [0.1, 0.15) is 30.3 Å². The Hall–Kier alpha value is -2.83. The third kappa shape index (κ3) is 5.46. The number of amides is 1. The highest BCUT2D eigenvalue weighted by atomic mass is 16.5. The minimum atomic E-state index is -0.590. The Morgan fingerprint density at radius 3 is 2.78 bits per heavy atom. The first-order valence-electron chi connectivity index (χ1n) is 7.29. The number of aromatic nitrogens is 1. The predicted octanol–water partition coefficient (Wildman–Crippen LogP) is 2.65. The van der Waals surface area contributed by atoms with Crippen LogP contribution in [0.3, 0.4) is 0 Å². The van der Waals surface area contributed by atoms with Gasteiger partial charge in [-0.2, -0.15) is 4.98 Å². The van der Waals surface area contributed by atoms with Crippen LogP contribution in [0.25, 0.3) is 0 Å². The summed E-state index contributed by atoms with van der Waals surface area (Å²) in [7, 11) is 0. The van der Waals surface area contributed by atoms with E-state index >= 15 is 0 Å². The van der Waals surface area contributed by atoms with Gasteiger partial charge in [0.15, 0.2) is 5.69 Å². The van der Waals surface area contributed by atoms with E-state index in [9.17, 15) is 9.59 Å². The molecular weight excluding hydrogens is 300 g/mol. The number of oxazole rings is 1. The molecule has 7 nitrogen and oxygen atoms in total. The molecule has 23 heavy (non-hydrogen) atoms. The Morgan fingerprint density at radius 1 is 1.26 bits per heavy atom. The van der Waals surface area contributed by atoms with Crippen molar-refractivity contribution < 1.29 is 23.5 Å². The van der Waals surface area contributed by atoms with Crippen LogP contribution in [0, 0.1) is 0 Å². The molecule has 0 bridgehead atoms. The minimum absolute atomic E-state index is 0.0227. The Balaban J connectivity index is 1.69. The van der Waals surface area contributed by atoms with Crippen molar-refractivity contribution in [3.8, 4) is 5.75 Å². The van der Waals surface area contributed by atoms with E-state index < -0.39 is 5.97 Å². The summed E-state index contributed by atoms with van der Waals surface area (Å²) in [5.41, 5.74) is 0.0227. The summed E-state index contributed by atoms with van der Waals surface area (Å²) in [6, 6.07) is 9.34. The molecule has 0 fully saturated rings. The Kier molecular flexibility index (Phi) is 6.17. The Bertz CT molecular complexity index is 639. The van der Waals surface area contributed by atoms with Crippen molar-refractivity contribution in [1.82, 2.24) is 4.98 Å². The van der Waals surface area contributed by atoms with E-state index in [4.69, 9.17) is 13.9 Å². The maximum absolute atomic E-state index is 11.7. The summed E-state index contributed by atoms with van der Waals surface area (Å²) in [6.45, 7) is 2.37. The number of carbonyl (C=O) groups excluding carboxylic acids is 2. The van der Waals surface area contributed by atoms with E-state index in [1.165, 1.54) is 0 Å². The lowest BCUT2D eigenvalue weighted by Crippen LogP contribution is -2.13. The summed E-state index contributed by atoms with van der Waals surface area (Å²) in [4.78, 5) is 27.0. The number of hydrogen-bond donors (Lipinski definition) is 1. The number of anilines is 1. The van der Waals surface area contributed by atoms with Crippen molar-refractivity contribution in [2.24, 2.45) is 0 Å². The van der Waals surface area contributed by atoms with Gasteiger partial charge >= 0.3 is 12.0 Å². The molecular formula is C16H18N2O5. The molecule has 7 heteroatoms. The molecule has 1 N–H and O–H groups in total. The predicted molar refractivity (Wildman–Crippen MR) is 82.3 cm³/mol.